The summed E-state index contributed by atoms with van der Waals surface area (Å²) in [6, 6.07) is 0. The molecule has 0 bridgehead atoms. The van der Waals surface area contributed by atoms with Crippen molar-refractivity contribution in [2.75, 3.05) is 27.2 Å². The van der Waals surface area contributed by atoms with E-state index in [1.807, 2.05) is 0 Å². The number of hydrogen-bond acceptors (Lipinski definition) is 8. The lowest BCUT2D eigenvalue weighted by molar-refractivity contribution is -0.173. The molecule has 8 nitrogen and oxygen atoms in total. The molecule has 88 valence electrons. The van der Waals surface area contributed by atoms with E-state index in [0.29, 0.717) is 0 Å². The molecule has 0 radical (unpaired) electrons. The largest absolute Gasteiger partial charge is 0.438 e. The molecule has 0 amide bonds. The van der Waals surface area contributed by atoms with Gasteiger partial charge in [0.05, 0.1) is 0 Å². The van der Waals surface area contributed by atoms with Crippen LogP contribution in [0, 0.1) is 0 Å². The maximum absolute atomic E-state index is 10.8. The van der Waals surface area contributed by atoms with E-state index in [2.05, 4.69) is 18.9 Å². The maximum atomic E-state index is 10.8. The van der Waals surface area contributed by atoms with Gasteiger partial charge in [-0.1, -0.05) is 0 Å². The SMILES string of the molecule is O=C(CC(=O)OCOCO)OCOCO. The van der Waals surface area contributed by atoms with Crippen LogP contribution in [0.3, 0.4) is 0 Å². The molecule has 2 N–H and O–H groups in total. The highest BCUT2D eigenvalue weighted by Gasteiger charge is 2.11. The van der Waals surface area contributed by atoms with Gasteiger partial charge < -0.3 is 29.2 Å². The van der Waals surface area contributed by atoms with Gasteiger partial charge >= 0.3 is 11.9 Å². The van der Waals surface area contributed by atoms with Gasteiger partial charge in [-0.3, -0.25) is 9.59 Å². The van der Waals surface area contributed by atoms with Crippen LogP contribution in [0.5, 0.6) is 0 Å². The van der Waals surface area contributed by atoms with Crippen molar-refractivity contribution < 1.29 is 38.7 Å². The molecule has 0 aromatic carbocycles. The molecule has 15 heavy (non-hydrogen) atoms. The fourth-order valence-corrected chi connectivity index (χ4v) is 0.509. The Kier molecular flexibility index (Phi) is 8.58. The minimum Gasteiger partial charge on any atom is -0.438 e. The zero-order valence-corrected chi connectivity index (χ0v) is 7.88. The van der Waals surface area contributed by atoms with Crippen LogP contribution in [0.25, 0.3) is 0 Å². The van der Waals surface area contributed by atoms with Gasteiger partial charge in [0.1, 0.15) is 20.0 Å². The normalized spacial score (nSPS) is 9.73. The van der Waals surface area contributed by atoms with E-state index in [1.54, 1.807) is 0 Å². The number of carbonyl (C=O) groups is 2. The van der Waals surface area contributed by atoms with E-state index in [1.165, 1.54) is 0 Å². The van der Waals surface area contributed by atoms with E-state index in [-0.39, 0.29) is 0 Å². The molecule has 0 aromatic rings. The van der Waals surface area contributed by atoms with Crippen molar-refractivity contribution in [2.24, 2.45) is 0 Å². The number of aliphatic hydroxyl groups excluding tert-OH is 2. The predicted octanol–water partition coefficient (Wildman–Crippen LogP) is -1.69. The highest BCUT2D eigenvalue weighted by atomic mass is 16.7. The lowest BCUT2D eigenvalue weighted by atomic mass is 10.4. The number of aliphatic hydroxyl groups is 2. The Hall–Kier alpha value is -1.22. The summed E-state index contributed by atoms with van der Waals surface area (Å²) in [4.78, 5) is 21.6. The first-order valence-corrected chi connectivity index (χ1v) is 3.89. The summed E-state index contributed by atoms with van der Waals surface area (Å²) >= 11 is 0. The topological polar surface area (TPSA) is 112 Å². The van der Waals surface area contributed by atoms with E-state index in [4.69, 9.17) is 10.2 Å². The summed E-state index contributed by atoms with van der Waals surface area (Å²) in [6.45, 7) is -2.03. The number of hydrogen-bond donors (Lipinski definition) is 2. The minimum atomic E-state index is -0.850. The Labute approximate surface area is 85.3 Å². The van der Waals surface area contributed by atoms with Gasteiger partial charge in [-0.15, -0.1) is 0 Å². The average molecular weight is 224 g/mol. The molecule has 0 aliphatic carbocycles. The van der Waals surface area contributed by atoms with Crippen LogP contribution in [-0.4, -0.2) is 49.3 Å². The summed E-state index contributed by atoms with van der Waals surface area (Å²) in [5.74, 6) is -1.70. The number of rotatable bonds is 8. The third kappa shape index (κ3) is 9.09. The third-order valence-corrected chi connectivity index (χ3v) is 1.08. The second-order valence-electron chi connectivity index (χ2n) is 2.11. The van der Waals surface area contributed by atoms with Crippen LogP contribution in [0.4, 0.5) is 0 Å². The molecule has 0 aliphatic rings. The summed E-state index contributed by atoms with van der Waals surface area (Å²) in [5, 5.41) is 16.3. The highest BCUT2D eigenvalue weighted by Crippen LogP contribution is 1.91. The van der Waals surface area contributed by atoms with Crippen molar-refractivity contribution in [3.63, 3.8) is 0 Å². The van der Waals surface area contributed by atoms with Crippen molar-refractivity contribution in [2.45, 2.75) is 6.42 Å². The lowest BCUT2D eigenvalue weighted by Crippen LogP contribution is -2.16. The molecular weight excluding hydrogens is 212 g/mol. The average Bonchev–Trinajstić information content (AvgIpc) is 2.18. The molecule has 0 fully saturated rings. The molecule has 0 rings (SSSR count). The van der Waals surface area contributed by atoms with Crippen LogP contribution in [0.15, 0.2) is 0 Å². The lowest BCUT2D eigenvalue weighted by Gasteiger charge is -2.04. The Morgan fingerprint density at radius 1 is 0.867 bits per heavy atom. The van der Waals surface area contributed by atoms with Crippen LogP contribution < -0.4 is 0 Å². The summed E-state index contributed by atoms with van der Waals surface area (Å²) < 4.78 is 17.3. The summed E-state index contributed by atoms with van der Waals surface area (Å²) in [6.07, 6.45) is -0.594. The maximum Gasteiger partial charge on any atom is 0.319 e. The van der Waals surface area contributed by atoms with Crippen LogP contribution in [-0.2, 0) is 28.5 Å². The Bertz CT molecular complexity index is 171. The van der Waals surface area contributed by atoms with E-state index in [0.717, 1.165) is 0 Å². The summed E-state index contributed by atoms with van der Waals surface area (Å²) in [7, 11) is 0. The van der Waals surface area contributed by atoms with Crippen molar-refractivity contribution in [3.8, 4) is 0 Å². The highest BCUT2D eigenvalue weighted by molar-refractivity contribution is 5.91. The van der Waals surface area contributed by atoms with Gasteiger partial charge in [0, 0.05) is 0 Å². The Balaban J connectivity index is 3.45. The van der Waals surface area contributed by atoms with E-state index in [9.17, 15) is 9.59 Å². The molecule has 0 saturated carbocycles. The van der Waals surface area contributed by atoms with Crippen LogP contribution in [0.2, 0.25) is 0 Å². The van der Waals surface area contributed by atoms with E-state index >= 15 is 0 Å². The molecule has 0 unspecified atom stereocenters. The van der Waals surface area contributed by atoms with Crippen molar-refractivity contribution >= 4 is 11.9 Å². The first-order valence-electron chi connectivity index (χ1n) is 3.89. The quantitative estimate of drug-likeness (QED) is 0.217. The second-order valence-corrected chi connectivity index (χ2v) is 2.11. The molecule has 0 saturated heterocycles. The molecule has 8 heteroatoms. The smallest absolute Gasteiger partial charge is 0.319 e. The van der Waals surface area contributed by atoms with Crippen LogP contribution in [0.1, 0.15) is 6.42 Å². The Morgan fingerprint density at radius 3 is 1.60 bits per heavy atom. The van der Waals surface area contributed by atoms with Crippen molar-refractivity contribution in [1.82, 2.24) is 0 Å². The van der Waals surface area contributed by atoms with Gasteiger partial charge in [-0.05, 0) is 0 Å². The molecule has 0 heterocycles. The fourth-order valence-electron chi connectivity index (χ4n) is 0.509. The zero-order chi connectivity index (χ0) is 11.5. The first-order chi connectivity index (χ1) is 7.20. The first kappa shape index (κ1) is 13.8. The van der Waals surface area contributed by atoms with Gasteiger partial charge in [0.2, 0.25) is 0 Å². The predicted molar refractivity (Wildman–Crippen MR) is 42.9 cm³/mol. The monoisotopic (exact) mass is 224 g/mol. The van der Waals surface area contributed by atoms with Gasteiger partial charge in [0.25, 0.3) is 0 Å². The van der Waals surface area contributed by atoms with Gasteiger partial charge in [-0.2, -0.15) is 0 Å². The third-order valence-electron chi connectivity index (χ3n) is 1.08. The number of ether oxygens (including phenoxy) is 4. The van der Waals surface area contributed by atoms with Gasteiger partial charge in [0.15, 0.2) is 13.6 Å². The zero-order valence-electron chi connectivity index (χ0n) is 7.88. The summed E-state index contributed by atoms with van der Waals surface area (Å²) in [5.41, 5.74) is 0. The second kappa shape index (κ2) is 9.34. The fraction of sp³-hybridized carbons (Fsp3) is 0.714. The molecule has 0 spiro atoms. The van der Waals surface area contributed by atoms with Crippen LogP contribution >= 0.6 is 0 Å². The molecule has 0 atom stereocenters. The molecule has 0 aliphatic heterocycles. The molecule has 0 aromatic heterocycles. The Morgan fingerprint density at radius 2 is 1.27 bits per heavy atom. The standard InChI is InChI=1S/C7H12O8/c8-2-12-4-14-6(10)1-7(11)15-5-13-3-9/h8-9H,1-5H2. The van der Waals surface area contributed by atoms with Crippen molar-refractivity contribution in [3.05, 3.63) is 0 Å². The number of esters is 2. The minimum absolute atomic E-state index is 0.435. The molecular formula is C7H12O8. The van der Waals surface area contributed by atoms with Gasteiger partial charge in [-0.25, -0.2) is 0 Å². The van der Waals surface area contributed by atoms with Crippen molar-refractivity contribution in [1.29, 1.82) is 0 Å². The number of carbonyl (C=O) groups excluding carboxylic acids is 2. The van der Waals surface area contributed by atoms with E-state index < -0.39 is 45.5 Å².